The molecule has 2 N–H and O–H groups in total. The average molecular weight is 280 g/mol. The van der Waals surface area contributed by atoms with E-state index in [0.29, 0.717) is 17.7 Å². The number of hydrogen-bond donors (Lipinski definition) is 2. The number of aliphatic hydroxyl groups excluding tert-OH is 1. The van der Waals surface area contributed by atoms with Gasteiger partial charge in [0.2, 0.25) is 0 Å². The molecule has 0 aliphatic carbocycles. The maximum atomic E-state index is 12.1. The van der Waals surface area contributed by atoms with Crippen molar-refractivity contribution in [1.29, 1.82) is 0 Å². The normalized spacial score (nSPS) is 9.62. The van der Waals surface area contributed by atoms with Crippen molar-refractivity contribution in [1.82, 2.24) is 4.98 Å². The summed E-state index contributed by atoms with van der Waals surface area (Å²) in [6.07, 6.45) is 2.13. The van der Waals surface area contributed by atoms with Gasteiger partial charge in [0.05, 0.1) is 18.0 Å². The SMILES string of the molecule is Cc1ncccc1NC(=O)c1ccc(C#CCCO)cc1. The Kier molecular flexibility index (Phi) is 5.08. The molecule has 1 amide bonds. The molecule has 0 aliphatic rings. The Morgan fingerprint density at radius 2 is 2.05 bits per heavy atom. The first-order valence-electron chi connectivity index (χ1n) is 6.63. The van der Waals surface area contributed by atoms with E-state index in [9.17, 15) is 4.79 Å². The van der Waals surface area contributed by atoms with Crippen LogP contribution in [0.1, 0.15) is 28.0 Å². The number of carbonyl (C=O) groups excluding carboxylic acids is 1. The fraction of sp³-hybridized carbons (Fsp3) is 0.176. The minimum absolute atomic E-state index is 0.0535. The van der Waals surface area contributed by atoms with Crippen molar-refractivity contribution in [3.8, 4) is 11.8 Å². The number of nitrogens with zero attached hydrogens (tertiary/aromatic N) is 1. The van der Waals surface area contributed by atoms with Gasteiger partial charge in [-0.15, -0.1) is 0 Å². The van der Waals surface area contributed by atoms with Crippen LogP contribution in [-0.4, -0.2) is 22.6 Å². The molecular weight excluding hydrogens is 264 g/mol. The van der Waals surface area contributed by atoms with Crippen molar-refractivity contribution >= 4 is 11.6 Å². The third-order valence-corrected chi connectivity index (χ3v) is 2.87. The Bertz CT molecular complexity index is 682. The fourth-order valence-electron chi connectivity index (χ4n) is 1.74. The highest BCUT2D eigenvalue weighted by atomic mass is 16.2. The highest BCUT2D eigenvalue weighted by Crippen LogP contribution is 2.12. The number of carbonyl (C=O) groups is 1. The van der Waals surface area contributed by atoms with Gasteiger partial charge in [0.15, 0.2) is 0 Å². The van der Waals surface area contributed by atoms with Crippen molar-refractivity contribution < 1.29 is 9.90 Å². The van der Waals surface area contributed by atoms with E-state index in [-0.39, 0.29) is 12.5 Å². The molecule has 1 heterocycles. The fourth-order valence-corrected chi connectivity index (χ4v) is 1.74. The standard InChI is InChI=1S/C17H16N2O2/c1-13-16(6-4-11-18-13)19-17(21)15-9-7-14(8-10-15)5-2-3-12-20/h4,6-11,20H,3,12H2,1H3,(H,19,21). The van der Waals surface area contributed by atoms with Crippen LogP contribution in [0.5, 0.6) is 0 Å². The van der Waals surface area contributed by atoms with Gasteiger partial charge in [-0.05, 0) is 43.3 Å². The van der Waals surface area contributed by atoms with Gasteiger partial charge in [0.1, 0.15) is 0 Å². The van der Waals surface area contributed by atoms with Gasteiger partial charge in [0, 0.05) is 23.7 Å². The van der Waals surface area contributed by atoms with E-state index in [0.717, 1.165) is 11.3 Å². The largest absolute Gasteiger partial charge is 0.395 e. The average Bonchev–Trinajstić information content (AvgIpc) is 2.50. The number of benzene rings is 1. The zero-order chi connectivity index (χ0) is 15.1. The third kappa shape index (κ3) is 4.16. The van der Waals surface area contributed by atoms with Gasteiger partial charge in [-0.1, -0.05) is 11.8 Å². The van der Waals surface area contributed by atoms with Gasteiger partial charge in [-0.2, -0.15) is 0 Å². The summed E-state index contributed by atoms with van der Waals surface area (Å²) in [6, 6.07) is 10.6. The summed E-state index contributed by atoms with van der Waals surface area (Å²) in [6.45, 7) is 1.90. The summed E-state index contributed by atoms with van der Waals surface area (Å²) in [4.78, 5) is 16.3. The van der Waals surface area contributed by atoms with E-state index >= 15 is 0 Å². The minimum Gasteiger partial charge on any atom is -0.395 e. The molecule has 2 aromatic rings. The Hall–Kier alpha value is -2.64. The molecule has 1 aromatic heterocycles. The summed E-state index contributed by atoms with van der Waals surface area (Å²) in [5.41, 5.74) is 2.86. The number of aliphatic hydroxyl groups is 1. The van der Waals surface area contributed by atoms with Crippen molar-refractivity contribution in [2.75, 3.05) is 11.9 Å². The molecular formula is C17H16N2O2. The van der Waals surface area contributed by atoms with Crippen molar-refractivity contribution in [2.45, 2.75) is 13.3 Å². The molecule has 0 aliphatic heterocycles. The smallest absolute Gasteiger partial charge is 0.255 e. The number of aryl methyl sites for hydroxylation is 1. The molecule has 106 valence electrons. The van der Waals surface area contributed by atoms with E-state index < -0.39 is 0 Å². The topological polar surface area (TPSA) is 62.2 Å². The molecule has 0 saturated carbocycles. The van der Waals surface area contributed by atoms with Crippen LogP contribution in [-0.2, 0) is 0 Å². The van der Waals surface area contributed by atoms with E-state index in [1.54, 1.807) is 36.5 Å². The summed E-state index contributed by atoms with van der Waals surface area (Å²) < 4.78 is 0. The predicted octanol–water partition coefficient (Wildman–Crippen LogP) is 2.38. The lowest BCUT2D eigenvalue weighted by molar-refractivity contribution is 0.102. The Labute approximate surface area is 123 Å². The number of nitrogens with one attached hydrogen (secondary N) is 1. The molecule has 0 unspecified atom stereocenters. The number of hydrogen-bond acceptors (Lipinski definition) is 3. The lowest BCUT2D eigenvalue weighted by Gasteiger charge is -2.07. The van der Waals surface area contributed by atoms with E-state index in [1.165, 1.54) is 0 Å². The van der Waals surface area contributed by atoms with Crippen molar-refractivity contribution in [2.24, 2.45) is 0 Å². The molecule has 0 radical (unpaired) electrons. The first-order valence-corrected chi connectivity index (χ1v) is 6.63. The lowest BCUT2D eigenvalue weighted by atomic mass is 10.1. The van der Waals surface area contributed by atoms with Gasteiger partial charge in [-0.3, -0.25) is 9.78 Å². The predicted molar refractivity (Wildman–Crippen MR) is 82.0 cm³/mol. The molecule has 0 spiro atoms. The summed E-state index contributed by atoms with van der Waals surface area (Å²) in [5.74, 6) is 5.58. The second-order valence-corrected chi connectivity index (χ2v) is 4.44. The van der Waals surface area contributed by atoms with Gasteiger partial charge < -0.3 is 10.4 Å². The molecule has 2 rings (SSSR count). The van der Waals surface area contributed by atoms with Crippen LogP contribution in [0, 0.1) is 18.8 Å². The summed E-state index contributed by atoms with van der Waals surface area (Å²) in [7, 11) is 0. The zero-order valence-corrected chi connectivity index (χ0v) is 11.8. The van der Waals surface area contributed by atoms with Crippen LogP contribution >= 0.6 is 0 Å². The van der Waals surface area contributed by atoms with Crippen LogP contribution < -0.4 is 5.32 Å². The van der Waals surface area contributed by atoms with Crippen molar-refractivity contribution in [3.05, 3.63) is 59.4 Å². The first-order chi connectivity index (χ1) is 10.2. The first kappa shape index (κ1) is 14.8. The van der Waals surface area contributed by atoms with E-state index in [4.69, 9.17) is 5.11 Å². The van der Waals surface area contributed by atoms with Crippen LogP contribution in [0.25, 0.3) is 0 Å². The van der Waals surface area contributed by atoms with Crippen LogP contribution in [0.2, 0.25) is 0 Å². The van der Waals surface area contributed by atoms with Crippen LogP contribution in [0.3, 0.4) is 0 Å². The maximum absolute atomic E-state index is 12.1. The number of anilines is 1. The number of aromatic nitrogens is 1. The second kappa shape index (κ2) is 7.22. The van der Waals surface area contributed by atoms with Gasteiger partial charge in [0.25, 0.3) is 5.91 Å². The molecule has 4 heteroatoms. The molecule has 0 bridgehead atoms. The third-order valence-electron chi connectivity index (χ3n) is 2.87. The van der Waals surface area contributed by atoms with E-state index in [2.05, 4.69) is 22.1 Å². The monoisotopic (exact) mass is 280 g/mol. The zero-order valence-electron chi connectivity index (χ0n) is 11.8. The Morgan fingerprint density at radius 3 is 2.71 bits per heavy atom. The molecule has 4 nitrogen and oxygen atoms in total. The summed E-state index contributed by atoms with van der Waals surface area (Å²) in [5, 5.41) is 11.5. The Morgan fingerprint density at radius 1 is 1.29 bits per heavy atom. The number of rotatable bonds is 3. The Balaban J connectivity index is 2.07. The molecule has 21 heavy (non-hydrogen) atoms. The maximum Gasteiger partial charge on any atom is 0.255 e. The van der Waals surface area contributed by atoms with Gasteiger partial charge >= 0.3 is 0 Å². The van der Waals surface area contributed by atoms with Crippen LogP contribution in [0.15, 0.2) is 42.6 Å². The lowest BCUT2D eigenvalue weighted by Crippen LogP contribution is -2.13. The molecule has 1 aromatic carbocycles. The minimum atomic E-state index is -0.180. The highest BCUT2D eigenvalue weighted by Gasteiger charge is 2.07. The quantitative estimate of drug-likeness (QED) is 0.849. The van der Waals surface area contributed by atoms with Gasteiger partial charge in [-0.25, -0.2) is 0 Å². The second-order valence-electron chi connectivity index (χ2n) is 4.44. The van der Waals surface area contributed by atoms with E-state index in [1.807, 2.05) is 13.0 Å². The molecule has 0 fully saturated rings. The highest BCUT2D eigenvalue weighted by molar-refractivity contribution is 6.04. The number of amides is 1. The summed E-state index contributed by atoms with van der Waals surface area (Å²) >= 11 is 0. The molecule has 0 saturated heterocycles. The van der Waals surface area contributed by atoms with Crippen LogP contribution in [0.4, 0.5) is 5.69 Å². The molecule has 0 atom stereocenters. The van der Waals surface area contributed by atoms with Crippen molar-refractivity contribution in [3.63, 3.8) is 0 Å². The number of pyridine rings is 1.